The second-order valence-electron chi connectivity index (χ2n) is 7.72. The van der Waals surface area contributed by atoms with E-state index in [0.29, 0.717) is 17.4 Å². The average molecular weight is 288 g/mol. The fourth-order valence-electron chi connectivity index (χ4n) is 3.83. The molecule has 1 saturated carbocycles. The van der Waals surface area contributed by atoms with E-state index in [1.54, 1.807) is 0 Å². The van der Waals surface area contributed by atoms with Crippen LogP contribution in [0.3, 0.4) is 0 Å². The largest absolute Gasteiger partial charge is 0.271 e. The van der Waals surface area contributed by atoms with E-state index in [2.05, 4.69) is 57.4 Å². The predicted octanol–water partition coefficient (Wildman–Crippen LogP) is 4.61. The average Bonchev–Trinajstić information content (AvgIpc) is 2.48. The van der Waals surface area contributed by atoms with Crippen molar-refractivity contribution in [3.63, 3.8) is 0 Å². The summed E-state index contributed by atoms with van der Waals surface area (Å²) in [4.78, 5) is 0. The molecule has 0 radical (unpaired) electrons. The smallest absolute Gasteiger partial charge is 0.0488 e. The SMILES string of the molecule is CCc1cccc(C(NN)C2CCC(C(C)(C)C)CC2)c1. The number of hydrogen-bond donors (Lipinski definition) is 2. The first kappa shape index (κ1) is 16.5. The first-order valence-corrected chi connectivity index (χ1v) is 8.50. The van der Waals surface area contributed by atoms with Crippen LogP contribution in [0.4, 0.5) is 0 Å². The lowest BCUT2D eigenvalue weighted by molar-refractivity contribution is 0.132. The van der Waals surface area contributed by atoms with Crippen LogP contribution in [0.25, 0.3) is 0 Å². The Balaban J connectivity index is 2.06. The van der Waals surface area contributed by atoms with Crippen molar-refractivity contribution in [1.29, 1.82) is 0 Å². The third kappa shape index (κ3) is 4.08. The van der Waals surface area contributed by atoms with Gasteiger partial charge in [-0.2, -0.15) is 0 Å². The maximum absolute atomic E-state index is 5.90. The van der Waals surface area contributed by atoms with Gasteiger partial charge in [0.05, 0.1) is 0 Å². The summed E-state index contributed by atoms with van der Waals surface area (Å²) >= 11 is 0. The van der Waals surface area contributed by atoms with Crippen LogP contribution in [0.5, 0.6) is 0 Å². The lowest BCUT2D eigenvalue weighted by atomic mass is 9.68. The highest BCUT2D eigenvalue weighted by molar-refractivity contribution is 5.26. The van der Waals surface area contributed by atoms with Gasteiger partial charge in [0, 0.05) is 6.04 Å². The summed E-state index contributed by atoms with van der Waals surface area (Å²) in [5, 5.41) is 0. The summed E-state index contributed by atoms with van der Waals surface area (Å²) in [5.41, 5.74) is 6.29. The van der Waals surface area contributed by atoms with E-state index < -0.39 is 0 Å². The van der Waals surface area contributed by atoms with Crippen molar-refractivity contribution in [3.8, 4) is 0 Å². The van der Waals surface area contributed by atoms with Gasteiger partial charge in [-0.1, -0.05) is 52.0 Å². The van der Waals surface area contributed by atoms with Crippen molar-refractivity contribution < 1.29 is 0 Å². The van der Waals surface area contributed by atoms with Gasteiger partial charge >= 0.3 is 0 Å². The quantitative estimate of drug-likeness (QED) is 0.627. The van der Waals surface area contributed by atoms with Crippen molar-refractivity contribution in [2.75, 3.05) is 0 Å². The third-order valence-electron chi connectivity index (χ3n) is 5.37. The Morgan fingerprint density at radius 3 is 2.38 bits per heavy atom. The monoisotopic (exact) mass is 288 g/mol. The van der Waals surface area contributed by atoms with Gasteiger partial charge in [0.2, 0.25) is 0 Å². The topological polar surface area (TPSA) is 38.0 Å². The van der Waals surface area contributed by atoms with E-state index >= 15 is 0 Å². The van der Waals surface area contributed by atoms with E-state index in [1.807, 2.05) is 0 Å². The zero-order valence-corrected chi connectivity index (χ0v) is 14.2. The molecular formula is C19H32N2. The van der Waals surface area contributed by atoms with Crippen LogP contribution in [0.2, 0.25) is 0 Å². The van der Waals surface area contributed by atoms with Gasteiger partial charge < -0.3 is 0 Å². The van der Waals surface area contributed by atoms with Crippen LogP contribution in [0.1, 0.15) is 70.5 Å². The molecule has 1 unspecified atom stereocenters. The molecule has 0 bridgehead atoms. The van der Waals surface area contributed by atoms with Gasteiger partial charge in [-0.15, -0.1) is 0 Å². The van der Waals surface area contributed by atoms with Gasteiger partial charge in [-0.3, -0.25) is 11.3 Å². The minimum absolute atomic E-state index is 0.303. The molecule has 2 rings (SSSR count). The summed E-state index contributed by atoms with van der Waals surface area (Å²) in [6.45, 7) is 9.34. The van der Waals surface area contributed by atoms with Gasteiger partial charge in [-0.05, 0) is 60.5 Å². The van der Waals surface area contributed by atoms with Crippen LogP contribution in [-0.2, 0) is 6.42 Å². The maximum atomic E-state index is 5.90. The molecule has 0 heterocycles. The fraction of sp³-hybridized carbons (Fsp3) is 0.684. The van der Waals surface area contributed by atoms with Crippen molar-refractivity contribution >= 4 is 0 Å². The summed E-state index contributed by atoms with van der Waals surface area (Å²) in [7, 11) is 0. The van der Waals surface area contributed by atoms with Crippen molar-refractivity contribution in [2.24, 2.45) is 23.1 Å². The normalized spacial score (nSPS) is 24.8. The molecule has 0 aliphatic heterocycles. The molecule has 0 saturated heterocycles. The highest BCUT2D eigenvalue weighted by Crippen LogP contribution is 2.43. The Morgan fingerprint density at radius 1 is 1.19 bits per heavy atom. The lowest BCUT2D eigenvalue weighted by Gasteiger charge is -2.39. The molecular weight excluding hydrogens is 256 g/mol. The minimum Gasteiger partial charge on any atom is -0.271 e. The Hall–Kier alpha value is -0.860. The second kappa shape index (κ2) is 6.93. The Labute approximate surface area is 130 Å². The summed E-state index contributed by atoms with van der Waals surface area (Å²) in [6, 6.07) is 9.21. The van der Waals surface area contributed by atoms with E-state index in [0.717, 1.165) is 12.3 Å². The lowest BCUT2D eigenvalue weighted by Crippen LogP contribution is -2.36. The van der Waals surface area contributed by atoms with E-state index in [4.69, 9.17) is 5.84 Å². The fourth-order valence-corrected chi connectivity index (χ4v) is 3.83. The Kier molecular flexibility index (Phi) is 5.45. The van der Waals surface area contributed by atoms with Crippen LogP contribution >= 0.6 is 0 Å². The van der Waals surface area contributed by atoms with E-state index in [1.165, 1.54) is 36.8 Å². The molecule has 21 heavy (non-hydrogen) atoms. The number of nitrogens with two attached hydrogens (primary N) is 1. The Bertz CT molecular complexity index is 439. The number of hydrogen-bond acceptors (Lipinski definition) is 2. The maximum Gasteiger partial charge on any atom is 0.0488 e. The first-order chi connectivity index (χ1) is 9.95. The van der Waals surface area contributed by atoms with E-state index in [9.17, 15) is 0 Å². The van der Waals surface area contributed by atoms with Gasteiger partial charge in [0.1, 0.15) is 0 Å². The van der Waals surface area contributed by atoms with Gasteiger partial charge in [0.25, 0.3) is 0 Å². The zero-order chi connectivity index (χ0) is 15.5. The molecule has 1 aromatic carbocycles. The van der Waals surface area contributed by atoms with Crippen LogP contribution in [-0.4, -0.2) is 0 Å². The van der Waals surface area contributed by atoms with Crippen molar-refractivity contribution in [3.05, 3.63) is 35.4 Å². The molecule has 118 valence electrons. The van der Waals surface area contributed by atoms with Crippen molar-refractivity contribution in [1.82, 2.24) is 5.43 Å². The highest BCUT2D eigenvalue weighted by atomic mass is 15.2. The molecule has 0 aromatic heterocycles. The minimum atomic E-state index is 0.303. The number of hydrazine groups is 1. The molecule has 0 spiro atoms. The molecule has 1 fully saturated rings. The molecule has 1 atom stereocenters. The van der Waals surface area contributed by atoms with Gasteiger partial charge in [-0.25, -0.2) is 0 Å². The summed E-state index contributed by atoms with van der Waals surface area (Å²) in [5.74, 6) is 7.42. The van der Waals surface area contributed by atoms with Crippen LogP contribution in [0.15, 0.2) is 24.3 Å². The number of nitrogens with one attached hydrogen (secondary N) is 1. The van der Waals surface area contributed by atoms with Crippen LogP contribution < -0.4 is 11.3 Å². The molecule has 2 nitrogen and oxygen atoms in total. The summed E-state index contributed by atoms with van der Waals surface area (Å²) in [6.07, 6.45) is 6.32. The number of benzene rings is 1. The number of aryl methyl sites for hydroxylation is 1. The number of rotatable bonds is 4. The second-order valence-corrected chi connectivity index (χ2v) is 7.72. The molecule has 1 aliphatic carbocycles. The molecule has 1 aliphatic rings. The molecule has 2 heteroatoms. The van der Waals surface area contributed by atoms with Crippen LogP contribution in [0, 0.1) is 17.3 Å². The zero-order valence-electron chi connectivity index (χ0n) is 14.2. The molecule has 0 amide bonds. The standard InChI is InChI=1S/C19H32N2/c1-5-14-7-6-8-16(13-14)18(21-20)15-9-11-17(12-10-15)19(2,3)4/h6-8,13,15,17-18,21H,5,9-12,20H2,1-4H3. The summed E-state index contributed by atoms with van der Waals surface area (Å²) < 4.78 is 0. The Morgan fingerprint density at radius 2 is 1.86 bits per heavy atom. The third-order valence-corrected chi connectivity index (χ3v) is 5.37. The molecule has 3 N–H and O–H groups in total. The molecule has 1 aromatic rings. The van der Waals surface area contributed by atoms with Crippen molar-refractivity contribution in [2.45, 2.75) is 65.8 Å². The van der Waals surface area contributed by atoms with E-state index in [-0.39, 0.29) is 0 Å². The predicted molar refractivity (Wildman–Crippen MR) is 90.8 cm³/mol. The highest BCUT2D eigenvalue weighted by Gasteiger charge is 2.33. The first-order valence-electron chi connectivity index (χ1n) is 8.50. The van der Waals surface area contributed by atoms with Gasteiger partial charge in [0.15, 0.2) is 0 Å².